The van der Waals surface area contributed by atoms with Gasteiger partial charge in [-0.3, -0.25) is 4.79 Å². The SMILES string of the molecule is N#Cc1cc(CCCC(=O)O)nc(C(F)(F)F)c1. The molecule has 1 aromatic heterocycles. The molecule has 0 fully saturated rings. The maximum atomic E-state index is 12.5. The lowest BCUT2D eigenvalue weighted by Gasteiger charge is -2.08. The first-order chi connectivity index (χ1) is 8.32. The Kier molecular flexibility index (Phi) is 4.26. The number of aliphatic carboxylic acids is 1. The molecule has 0 spiro atoms. The molecule has 0 radical (unpaired) electrons. The average Bonchev–Trinajstić information content (AvgIpc) is 2.27. The molecule has 0 aliphatic carbocycles. The maximum absolute atomic E-state index is 12.5. The van der Waals surface area contributed by atoms with Crippen LogP contribution in [-0.4, -0.2) is 16.1 Å². The number of halogens is 3. The maximum Gasteiger partial charge on any atom is 0.433 e. The summed E-state index contributed by atoms with van der Waals surface area (Å²) in [5.41, 5.74) is -1.20. The molecule has 4 nitrogen and oxygen atoms in total. The highest BCUT2D eigenvalue weighted by atomic mass is 19.4. The van der Waals surface area contributed by atoms with Crippen LogP contribution in [0.15, 0.2) is 12.1 Å². The van der Waals surface area contributed by atoms with Gasteiger partial charge in [0.15, 0.2) is 0 Å². The van der Waals surface area contributed by atoms with Gasteiger partial charge in [0.1, 0.15) is 5.69 Å². The standard InChI is InChI=1S/C11H9F3N2O2/c12-11(13,14)9-5-7(6-15)4-8(16-9)2-1-3-10(17)18/h4-5H,1-3H2,(H,17,18). The molecule has 0 unspecified atom stereocenters. The van der Waals surface area contributed by atoms with Gasteiger partial charge >= 0.3 is 12.1 Å². The van der Waals surface area contributed by atoms with Gasteiger partial charge in [-0.25, -0.2) is 4.98 Å². The molecule has 0 bridgehead atoms. The third-order valence-corrected chi connectivity index (χ3v) is 2.12. The molecule has 18 heavy (non-hydrogen) atoms. The Morgan fingerprint density at radius 2 is 2.11 bits per heavy atom. The second kappa shape index (κ2) is 5.49. The van der Waals surface area contributed by atoms with Gasteiger partial charge in [-0.1, -0.05) is 0 Å². The Morgan fingerprint density at radius 3 is 2.61 bits per heavy atom. The molecule has 1 N–H and O–H groups in total. The Balaban J connectivity index is 2.92. The van der Waals surface area contributed by atoms with Crippen molar-refractivity contribution in [2.45, 2.75) is 25.4 Å². The van der Waals surface area contributed by atoms with Gasteiger partial charge in [0.05, 0.1) is 11.6 Å². The van der Waals surface area contributed by atoms with E-state index >= 15 is 0 Å². The normalized spacial score (nSPS) is 11.0. The van der Waals surface area contributed by atoms with Crippen molar-refractivity contribution in [1.29, 1.82) is 5.26 Å². The molecule has 0 atom stereocenters. The molecule has 0 aromatic carbocycles. The molecule has 0 aliphatic heterocycles. The first kappa shape index (κ1) is 14.0. The van der Waals surface area contributed by atoms with Crippen LogP contribution in [0.3, 0.4) is 0 Å². The number of alkyl halides is 3. The highest BCUT2D eigenvalue weighted by molar-refractivity contribution is 5.66. The molecule has 0 aliphatic rings. The smallest absolute Gasteiger partial charge is 0.433 e. The fourth-order valence-electron chi connectivity index (χ4n) is 1.35. The van der Waals surface area contributed by atoms with Gasteiger partial charge in [0, 0.05) is 12.1 Å². The molecule has 1 rings (SSSR count). The third-order valence-electron chi connectivity index (χ3n) is 2.12. The number of carboxylic acids is 1. The predicted molar refractivity (Wildman–Crippen MR) is 54.5 cm³/mol. The quantitative estimate of drug-likeness (QED) is 0.899. The Hall–Kier alpha value is -2.10. The summed E-state index contributed by atoms with van der Waals surface area (Å²) in [6.07, 6.45) is -4.51. The second-order valence-electron chi connectivity index (χ2n) is 3.59. The number of nitriles is 1. The first-order valence-corrected chi connectivity index (χ1v) is 5.03. The van der Waals surface area contributed by atoms with Crippen LogP contribution < -0.4 is 0 Å². The van der Waals surface area contributed by atoms with Crippen molar-refractivity contribution < 1.29 is 23.1 Å². The van der Waals surface area contributed by atoms with Crippen molar-refractivity contribution in [3.05, 3.63) is 29.1 Å². The topological polar surface area (TPSA) is 74.0 Å². The number of hydrogen-bond donors (Lipinski definition) is 1. The van der Waals surface area contributed by atoms with Gasteiger partial charge in [0.25, 0.3) is 0 Å². The molecular formula is C11H9F3N2O2. The van der Waals surface area contributed by atoms with E-state index in [4.69, 9.17) is 10.4 Å². The number of pyridine rings is 1. The van der Waals surface area contributed by atoms with E-state index < -0.39 is 17.8 Å². The molecule has 1 aromatic rings. The summed E-state index contributed by atoms with van der Waals surface area (Å²) in [6, 6.07) is 3.52. The first-order valence-electron chi connectivity index (χ1n) is 5.03. The van der Waals surface area contributed by atoms with Gasteiger partial charge in [-0.15, -0.1) is 0 Å². The van der Waals surface area contributed by atoms with Crippen molar-refractivity contribution in [1.82, 2.24) is 4.98 Å². The van der Waals surface area contributed by atoms with Crippen LogP contribution in [0, 0.1) is 11.3 Å². The van der Waals surface area contributed by atoms with Gasteiger partial charge < -0.3 is 5.11 Å². The van der Waals surface area contributed by atoms with Gasteiger partial charge in [-0.2, -0.15) is 18.4 Å². The zero-order valence-electron chi connectivity index (χ0n) is 9.16. The molecule has 1 heterocycles. The highest BCUT2D eigenvalue weighted by Crippen LogP contribution is 2.28. The van der Waals surface area contributed by atoms with Gasteiger partial charge in [0.2, 0.25) is 0 Å². The second-order valence-corrected chi connectivity index (χ2v) is 3.59. The molecule has 96 valence electrons. The predicted octanol–water partition coefficient (Wildman–Crippen LogP) is 2.38. The van der Waals surface area contributed by atoms with Crippen molar-refractivity contribution in [3.63, 3.8) is 0 Å². The number of carboxylic acid groups (broad SMARTS) is 1. The summed E-state index contributed by atoms with van der Waals surface area (Å²) in [7, 11) is 0. The fraction of sp³-hybridized carbons (Fsp3) is 0.364. The Morgan fingerprint density at radius 1 is 1.44 bits per heavy atom. The van der Waals surface area contributed by atoms with E-state index in [2.05, 4.69) is 4.98 Å². The Labute approximate surface area is 101 Å². The van der Waals surface area contributed by atoms with Crippen LogP contribution >= 0.6 is 0 Å². The number of rotatable bonds is 4. The van der Waals surface area contributed by atoms with Crippen LogP contribution in [-0.2, 0) is 17.4 Å². The van der Waals surface area contributed by atoms with E-state index in [1.807, 2.05) is 0 Å². The third kappa shape index (κ3) is 4.05. The lowest BCUT2D eigenvalue weighted by atomic mass is 10.1. The van der Waals surface area contributed by atoms with Crippen LogP contribution in [0.4, 0.5) is 13.2 Å². The van der Waals surface area contributed by atoms with E-state index in [0.29, 0.717) is 6.07 Å². The van der Waals surface area contributed by atoms with Crippen molar-refractivity contribution in [2.24, 2.45) is 0 Å². The van der Waals surface area contributed by atoms with Crippen LogP contribution in [0.1, 0.15) is 29.8 Å². The summed E-state index contributed by atoms with van der Waals surface area (Å²) < 4.78 is 37.4. The summed E-state index contributed by atoms with van der Waals surface area (Å²) in [5, 5.41) is 17.0. The highest BCUT2D eigenvalue weighted by Gasteiger charge is 2.33. The minimum atomic E-state index is -4.62. The number of hydrogen-bond acceptors (Lipinski definition) is 3. The number of aryl methyl sites for hydroxylation is 1. The van der Waals surface area contributed by atoms with E-state index in [0.717, 1.165) is 0 Å². The molecule has 0 amide bonds. The number of nitrogens with zero attached hydrogens (tertiary/aromatic N) is 2. The minimum absolute atomic E-state index is 0.0719. The van der Waals surface area contributed by atoms with Crippen molar-refractivity contribution >= 4 is 5.97 Å². The molecular weight excluding hydrogens is 249 g/mol. The van der Waals surface area contributed by atoms with E-state index in [-0.39, 0.29) is 30.5 Å². The summed E-state index contributed by atoms with van der Waals surface area (Å²) in [5.74, 6) is -1.03. The van der Waals surface area contributed by atoms with Crippen molar-refractivity contribution in [2.75, 3.05) is 0 Å². The number of aromatic nitrogens is 1. The lowest BCUT2D eigenvalue weighted by molar-refractivity contribution is -0.141. The van der Waals surface area contributed by atoms with Gasteiger partial charge in [-0.05, 0) is 25.0 Å². The lowest BCUT2D eigenvalue weighted by Crippen LogP contribution is -2.10. The zero-order chi connectivity index (χ0) is 13.8. The molecule has 7 heteroatoms. The van der Waals surface area contributed by atoms with E-state index in [1.54, 1.807) is 6.07 Å². The summed E-state index contributed by atoms with van der Waals surface area (Å²) >= 11 is 0. The summed E-state index contributed by atoms with van der Waals surface area (Å²) in [4.78, 5) is 13.7. The zero-order valence-corrected chi connectivity index (χ0v) is 9.16. The summed E-state index contributed by atoms with van der Waals surface area (Å²) in [6.45, 7) is 0. The monoisotopic (exact) mass is 258 g/mol. The number of carbonyl (C=O) groups is 1. The van der Waals surface area contributed by atoms with E-state index in [1.165, 1.54) is 6.07 Å². The fourth-order valence-corrected chi connectivity index (χ4v) is 1.35. The molecule has 0 saturated carbocycles. The Bertz CT molecular complexity index is 492. The van der Waals surface area contributed by atoms with E-state index in [9.17, 15) is 18.0 Å². The minimum Gasteiger partial charge on any atom is -0.481 e. The average molecular weight is 258 g/mol. The van der Waals surface area contributed by atoms with Crippen LogP contribution in [0.5, 0.6) is 0 Å². The molecule has 0 saturated heterocycles. The van der Waals surface area contributed by atoms with Crippen LogP contribution in [0.2, 0.25) is 0 Å². The van der Waals surface area contributed by atoms with Crippen LogP contribution in [0.25, 0.3) is 0 Å². The van der Waals surface area contributed by atoms with Crippen molar-refractivity contribution in [3.8, 4) is 6.07 Å². The largest absolute Gasteiger partial charge is 0.481 e.